The van der Waals surface area contributed by atoms with Crippen LogP contribution in [0.2, 0.25) is 0 Å². The van der Waals surface area contributed by atoms with Crippen molar-refractivity contribution in [3.05, 3.63) is 40.2 Å². The van der Waals surface area contributed by atoms with E-state index in [4.69, 9.17) is 15.3 Å². The highest BCUT2D eigenvalue weighted by molar-refractivity contribution is 5.96. The number of aliphatic hydroxyl groups excluding tert-OH is 1. The zero-order valence-corrected chi connectivity index (χ0v) is 10.3. The van der Waals surface area contributed by atoms with Crippen LogP contribution in [-0.4, -0.2) is 23.7 Å². The zero-order valence-electron chi connectivity index (χ0n) is 10.3. The Kier molecular flexibility index (Phi) is 3.64. The highest BCUT2D eigenvalue weighted by atomic mass is 16.4. The van der Waals surface area contributed by atoms with Crippen LogP contribution in [0, 0.1) is 6.92 Å². The molecule has 2 rings (SSSR count). The van der Waals surface area contributed by atoms with E-state index >= 15 is 0 Å². The maximum Gasteiger partial charge on any atom is 0.336 e. The minimum Gasteiger partial charge on any atom is -0.423 e. The molecule has 0 saturated heterocycles. The van der Waals surface area contributed by atoms with E-state index in [-0.39, 0.29) is 0 Å². The number of nitrogens with two attached hydrogens (primary N) is 1. The summed E-state index contributed by atoms with van der Waals surface area (Å²) in [7, 11) is 0. The van der Waals surface area contributed by atoms with Gasteiger partial charge in [0.2, 0.25) is 5.91 Å². The van der Waals surface area contributed by atoms with Crippen molar-refractivity contribution in [2.45, 2.75) is 13.0 Å². The third-order valence-corrected chi connectivity index (χ3v) is 2.75. The van der Waals surface area contributed by atoms with Crippen molar-refractivity contribution in [2.24, 2.45) is 5.73 Å². The van der Waals surface area contributed by atoms with Crippen molar-refractivity contribution < 1.29 is 14.3 Å². The number of nitrogens with one attached hydrogen (secondary N) is 1. The molecule has 2 aromatic rings. The molecule has 0 saturated carbocycles. The van der Waals surface area contributed by atoms with Crippen molar-refractivity contribution in [3.63, 3.8) is 0 Å². The van der Waals surface area contributed by atoms with E-state index in [0.717, 1.165) is 10.9 Å². The Morgan fingerprint density at radius 2 is 2.21 bits per heavy atom. The molecule has 0 unspecified atom stereocenters. The Labute approximate surface area is 108 Å². The van der Waals surface area contributed by atoms with Crippen LogP contribution in [-0.2, 0) is 4.79 Å². The molecule has 0 bridgehead atoms. The van der Waals surface area contributed by atoms with Gasteiger partial charge in [0.1, 0.15) is 11.6 Å². The van der Waals surface area contributed by atoms with Crippen molar-refractivity contribution in [2.75, 3.05) is 11.9 Å². The molecule has 0 radical (unpaired) electrons. The molecule has 1 heterocycles. The Balaban J connectivity index is 2.37. The van der Waals surface area contributed by atoms with Gasteiger partial charge in [-0.05, 0) is 24.6 Å². The molecule has 100 valence electrons. The average Bonchev–Trinajstić information content (AvgIpc) is 2.36. The summed E-state index contributed by atoms with van der Waals surface area (Å²) in [4.78, 5) is 22.8. The van der Waals surface area contributed by atoms with Crippen LogP contribution >= 0.6 is 0 Å². The Morgan fingerprint density at radius 3 is 2.89 bits per heavy atom. The van der Waals surface area contributed by atoms with E-state index in [1.54, 1.807) is 25.1 Å². The first-order chi connectivity index (χ1) is 9.01. The number of hydrogen-bond donors (Lipinski definition) is 3. The lowest BCUT2D eigenvalue weighted by Gasteiger charge is -2.10. The van der Waals surface area contributed by atoms with Gasteiger partial charge in [-0.25, -0.2) is 4.79 Å². The van der Waals surface area contributed by atoms with E-state index in [0.29, 0.717) is 11.3 Å². The van der Waals surface area contributed by atoms with Gasteiger partial charge >= 0.3 is 5.63 Å². The van der Waals surface area contributed by atoms with Gasteiger partial charge < -0.3 is 20.6 Å². The SMILES string of the molecule is Cc1cc(=O)oc2cc(NC(=O)[C@H](N)CO)ccc12. The first-order valence-corrected chi connectivity index (χ1v) is 5.73. The van der Waals surface area contributed by atoms with Crippen LogP contribution in [0.4, 0.5) is 5.69 Å². The summed E-state index contributed by atoms with van der Waals surface area (Å²) in [6.45, 7) is 1.37. The zero-order chi connectivity index (χ0) is 14.0. The van der Waals surface area contributed by atoms with Gasteiger partial charge in [-0.2, -0.15) is 0 Å². The molecule has 0 aliphatic rings. The number of aryl methyl sites for hydroxylation is 1. The lowest BCUT2D eigenvalue weighted by molar-refractivity contribution is -0.118. The second-order valence-corrected chi connectivity index (χ2v) is 4.24. The van der Waals surface area contributed by atoms with Crippen LogP contribution in [0.25, 0.3) is 11.0 Å². The highest BCUT2D eigenvalue weighted by Crippen LogP contribution is 2.20. The molecule has 1 aromatic heterocycles. The molecule has 1 aromatic carbocycles. The Hall–Kier alpha value is -2.18. The van der Waals surface area contributed by atoms with Gasteiger partial charge in [0.15, 0.2) is 0 Å². The highest BCUT2D eigenvalue weighted by Gasteiger charge is 2.12. The van der Waals surface area contributed by atoms with Crippen molar-refractivity contribution in [3.8, 4) is 0 Å². The van der Waals surface area contributed by atoms with Crippen molar-refractivity contribution >= 4 is 22.6 Å². The number of carbonyl (C=O) groups is 1. The topological polar surface area (TPSA) is 106 Å². The molecule has 1 atom stereocenters. The van der Waals surface area contributed by atoms with E-state index in [2.05, 4.69) is 5.32 Å². The van der Waals surface area contributed by atoms with Gasteiger partial charge in [0.25, 0.3) is 0 Å². The van der Waals surface area contributed by atoms with Gasteiger partial charge in [-0.3, -0.25) is 4.79 Å². The summed E-state index contributed by atoms with van der Waals surface area (Å²) < 4.78 is 5.06. The Bertz CT molecular complexity index is 678. The quantitative estimate of drug-likeness (QED) is 0.692. The summed E-state index contributed by atoms with van der Waals surface area (Å²) in [5.74, 6) is -0.503. The molecule has 0 spiro atoms. The van der Waals surface area contributed by atoms with Crippen LogP contribution in [0.15, 0.2) is 33.5 Å². The smallest absolute Gasteiger partial charge is 0.336 e. The minimum atomic E-state index is -0.986. The first kappa shape index (κ1) is 13.3. The molecule has 4 N–H and O–H groups in total. The lowest BCUT2D eigenvalue weighted by atomic mass is 10.1. The predicted molar refractivity (Wildman–Crippen MR) is 70.9 cm³/mol. The summed E-state index contributed by atoms with van der Waals surface area (Å²) in [6, 6.07) is 5.39. The van der Waals surface area contributed by atoms with E-state index < -0.39 is 24.2 Å². The number of amides is 1. The van der Waals surface area contributed by atoms with E-state index in [9.17, 15) is 9.59 Å². The molecule has 0 aliphatic heterocycles. The molecule has 0 fully saturated rings. The van der Waals surface area contributed by atoms with Crippen LogP contribution in [0.1, 0.15) is 5.56 Å². The number of benzene rings is 1. The second-order valence-electron chi connectivity index (χ2n) is 4.24. The summed E-state index contributed by atoms with van der Waals surface area (Å²) in [5.41, 5.74) is 6.59. The summed E-state index contributed by atoms with van der Waals surface area (Å²) in [6.07, 6.45) is 0. The predicted octanol–water partition coefficient (Wildman–Crippen LogP) is 0.360. The third kappa shape index (κ3) is 2.81. The van der Waals surface area contributed by atoms with Crippen molar-refractivity contribution in [1.29, 1.82) is 0 Å². The third-order valence-electron chi connectivity index (χ3n) is 2.75. The van der Waals surface area contributed by atoms with Crippen LogP contribution in [0.5, 0.6) is 0 Å². The first-order valence-electron chi connectivity index (χ1n) is 5.73. The number of rotatable bonds is 3. The molecule has 1 amide bonds. The van der Waals surface area contributed by atoms with Crippen LogP contribution < -0.4 is 16.7 Å². The fraction of sp³-hybridized carbons (Fsp3) is 0.231. The number of fused-ring (bicyclic) bond motifs is 1. The molecule has 6 heteroatoms. The largest absolute Gasteiger partial charge is 0.423 e. The van der Waals surface area contributed by atoms with Crippen molar-refractivity contribution in [1.82, 2.24) is 0 Å². The lowest BCUT2D eigenvalue weighted by Crippen LogP contribution is -2.38. The fourth-order valence-corrected chi connectivity index (χ4v) is 1.72. The van der Waals surface area contributed by atoms with Crippen LogP contribution in [0.3, 0.4) is 0 Å². The van der Waals surface area contributed by atoms with Gasteiger partial charge in [0.05, 0.1) is 6.61 Å². The van der Waals surface area contributed by atoms with Gasteiger partial charge in [0, 0.05) is 23.2 Å². The molecule has 6 nitrogen and oxygen atoms in total. The normalized spacial score (nSPS) is 12.4. The second kappa shape index (κ2) is 5.21. The number of carbonyl (C=O) groups excluding carboxylic acids is 1. The molecular weight excluding hydrogens is 248 g/mol. The number of aliphatic hydroxyl groups is 1. The van der Waals surface area contributed by atoms with E-state index in [1.165, 1.54) is 6.07 Å². The summed E-state index contributed by atoms with van der Waals surface area (Å²) >= 11 is 0. The van der Waals surface area contributed by atoms with E-state index in [1.807, 2.05) is 0 Å². The summed E-state index contributed by atoms with van der Waals surface area (Å²) in [5, 5.41) is 12.1. The fourth-order valence-electron chi connectivity index (χ4n) is 1.72. The number of anilines is 1. The maximum atomic E-state index is 11.5. The maximum absolute atomic E-state index is 11.5. The Morgan fingerprint density at radius 1 is 1.47 bits per heavy atom. The van der Waals surface area contributed by atoms with Gasteiger partial charge in [-0.15, -0.1) is 0 Å². The monoisotopic (exact) mass is 262 g/mol. The van der Waals surface area contributed by atoms with Gasteiger partial charge in [-0.1, -0.05) is 0 Å². The average molecular weight is 262 g/mol. The molecular formula is C13H14N2O4. The standard InChI is InChI=1S/C13H14N2O4/c1-7-4-12(17)19-11-5-8(2-3-9(7)11)15-13(18)10(14)6-16/h2-5,10,16H,6,14H2,1H3,(H,15,18)/t10-/m1/s1. The minimum absolute atomic E-state index is 0.389. The molecule has 19 heavy (non-hydrogen) atoms. The molecule has 0 aliphatic carbocycles. The number of hydrogen-bond acceptors (Lipinski definition) is 5.